The van der Waals surface area contributed by atoms with E-state index in [0.29, 0.717) is 6.54 Å². The Morgan fingerprint density at radius 3 is 2.96 bits per heavy atom. The quantitative estimate of drug-likeness (QED) is 0.761. The molecule has 1 aromatic heterocycles. The van der Waals surface area contributed by atoms with E-state index in [-0.39, 0.29) is 30.3 Å². The molecule has 1 aromatic rings. The summed E-state index contributed by atoms with van der Waals surface area (Å²) in [4.78, 5) is 42.2. The smallest absolute Gasteiger partial charge is 0.325 e. The first-order chi connectivity index (χ1) is 11.5. The van der Waals surface area contributed by atoms with E-state index in [1.807, 2.05) is 10.8 Å². The Labute approximate surface area is 139 Å². The summed E-state index contributed by atoms with van der Waals surface area (Å²) in [5, 5.41) is 5.68. The van der Waals surface area contributed by atoms with Gasteiger partial charge in [0.2, 0.25) is 5.91 Å². The van der Waals surface area contributed by atoms with Crippen molar-refractivity contribution in [1.29, 1.82) is 0 Å². The first-order valence-electron chi connectivity index (χ1n) is 8.41. The summed E-state index contributed by atoms with van der Waals surface area (Å²) in [5.41, 5.74) is -0.839. The topological polar surface area (TPSA) is 96.3 Å². The van der Waals surface area contributed by atoms with E-state index in [9.17, 15) is 14.4 Å². The molecule has 2 unspecified atom stereocenters. The average molecular weight is 331 g/mol. The number of carbonyl (C=O) groups excluding carboxylic acids is 3. The van der Waals surface area contributed by atoms with E-state index in [1.165, 1.54) is 0 Å². The molecule has 128 valence electrons. The van der Waals surface area contributed by atoms with Gasteiger partial charge in [-0.05, 0) is 32.1 Å². The second-order valence-corrected chi connectivity index (χ2v) is 7.10. The van der Waals surface area contributed by atoms with Crippen molar-refractivity contribution >= 4 is 17.8 Å². The van der Waals surface area contributed by atoms with Crippen LogP contribution in [-0.2, 0) is 22.6 Å². The largest absolute Gasteiger partial charge is 0.350 e. The maximum atomic E-state index is 12.5. The molecule has 4 amide bonds. The van der Waals surface area contributed by atoms with Crippen molar-refractivity contribution in [3.63, 3.8) is 0 Å². The maximum absolute atomic E-state index is 12.5. The Kier molecular flexibility index (Phi) is 3.36. The number of amides is 4. The highest BCUT2D eigenvalue weighted by Gasteiger charge is 2.56. The minimum Gasteiger partial charge on any atom is -0.350 e. The highest BCUT2D eigenvalue weighted by molar-refractivity contribution is 6.09. The lowest BCUT2D eigenvalue weighted by Crippen LogP contribution is -2.48. The second-order valence-electron chi connectivity index (χ2n) is 7.10. The van der Waals surface area contributed by atoms with E-state index in [1.54, 1.807) is 13.1 Å². The summed E-state index contributed by atoms with van der Waals surface area (Å²) in [7, 11) is 0. The van der Waals surface area contributed by atoms with Crippen LogP contribution < -0.4 is 10.6 Å². The van der Waals surface area contributed by atoms with Crippen molar-refractivity contribution in [1.82, 2.24) is 25.1 Å². The van der Waals surface area contributed by atoms with E-state index in [4.69, 9.17) is 0 Å². The van der Waals surface area contributed by atoms with Gasteiger partial charge in [-0.3, -0.25) is 14.5 Å². The van der Waals surface area contributed by atoms with E-state index < -0.39 is 11.6 Å². The molecule has 0 radical (unpaired) electrons. The van der Waals surface area contributed by atoms with Crippen LogP contribution in [0, 0.1) is 5.92 Å². The van der Waals surface area contributed by atoms with Crippen LogP contribution in [0.2, 0.25) is 0 Å². The van der Waals surface area contributed by atoms with Crippen LogP contribution in [0.15, 0.2) is 12.4 Å². The summed E-state index contributed by atoms with van der Waals surface area (Å²) < 4.78 is 2.02. The molecule has 2 N–H and O–H groups in total. The second kappa shape index (κ2) is 5.32. The average Bonchev–Trinajstić information content (AvgIpc) is 3.26. The fourth-order valence-electron chi connectivity index (χ4n) is 3.70. The summed E-state index contributed by atoms with van der Waals surface area (Å²) in [5.74, 6) is 0.632. The highest BCUT2D eigenvalue weighted by atomic mass is 16.2. The van der Waals surface area contributed by atoms with Crippen molar-refractivity contribution < 1.29 is 14.4 Å². The normalized spacial score (nSPS) is 29.4. The van der Waals surface area contributed by atoms with Gasteiger partial charge in [0.25, 0.3) is 5.91 Å². The number of rotatable bonds is 4. The fourth-order valence-corrected chi connectivity index (χ4v) is 3.70. The molecule has 24 heavy (non-hydrogen) atoms. The van der Waals surface area contributed by atoms with Gasteiger partial charge < -0.3 is 15.2 Å². The van der Waals surface area contributed by atoms with Gasteiger partial charge in [-0.2, -0.15) is 0 Å². The Bertz CT molecular complexity index is 710. The number of aryl methyl sites for hydroxylation is 1. The molecule has 3 aliphatic rings. The number of urea groups is 1. The summed E-state index contributed by atoms with van der Waals surface area (Å²) >= 11 is 0. The van der Waals surface area contributed by atoms with Crippen molar-refractivity contribution in [3.8, 4) is 0 Å². The lowest BCUT2D eigenvalue weighted by Gasteiger charge is -2.25. The van der Waals surface area contributed by atoms with Gasteiger partial charge in [0.05, 0.1) is 0 Å². The van der Waals surface area contributed by atoms with Crippen LogP contribution in [-0.4, -0.2) is 50.4 Å². The number of nitrogens with zero attached hydrogens (tertiary/aromatic N) is 3. The third-order valence-corrected chi connectivity index (χ3v) is 5.30. The van der Waals surface area contributed by atoms with Crippen LogP contribution in [0.4, 0.5) is 4.79 Å². The van der Waals surface area contributed by atoms with E-state index in [0.717, 1.165) is 36.4 Å². The van der Waals surface area contributed by atoms with Crippen molar-refractivity contribution in [2.75, 3.05) is 6.54 Å². The number of aromatic nitrogens is 2. The number of imidazole rings is 1. The summed E-state index contributed by atoms with van der Waals surface area (Å²) in [6.45, 7) is 2.20. The Morgan fingerprint density at radius 1 is 1.42 bits per heavy atom. The molecule has 2 aliphatic heterocycles. The molecule has 1 saturated carbocycles. The SMILES string of the molecule is CC1(C2CC2)NC(=O)N(CC(=O)NC2CCc3nccn3C2)C1=O. The van der Waals surface area contributed by atoms with Gasteiger partial charge in [-0.15, -0.1) is 0 Å². The Morgan fingerprint density at radius 2 is 2.21 bits per heavy atom. The van der Waals surface area contributed by atoms with Crippen LogP contribution in [0.25, 0.3) is 0 Å². The van der Waals surface area contributed by atoms with Crippen molar-refractivity contribution in [2.45, 2.75) is 50.7 Å². The van der Waals surface area contributed by atoms with Gasteiger partial charge in [-0.25, -0.2) is 9.78 Å². The first kappa shape index (κ1) is 15.2. The zero-order chi connectivity index (χ0) is 16.9. The standard InChI is InChI=1S/C16H21N5O3/c1-16(10-2-3-10)14(23)21(15(24)19-16)9-13(22)18-11-4-5-12-17-6-7-20(12)8-11/h6-7,10-11H,2-5,8-9H2,1H3,(H,18,22)(H,19,24). The van der Waals surface area contributed by atoms with Crippen LogP contribution >= 0.6 is 0 Å². The molecule has 0 bridgehead atoms. The number of imide groups is 1. The molecule has 2 fully saturated rings. The van der Waals surface area contributed by atoms with Crippen LogP contribution in [0.3, 0.4) is 0 Å². The Balaban J connectivity index is 1.36. The predicted molar refractivity (Wildman–Crippen MR) is 83.9 cm³/mol. The summed E-state index contributed by atoms with van der Waals surface area (Å²) in [6.07, 6.45) is 7.15. The lowest BCUT2D eigenvalue weighted by molar-refractivity contribution is -0.135. The third-order valence-electron chi connectivity index (χ3n) is 5.30. The molecule has 1 aliphatic carbocycles. The molecule has 2 atom stereocenters. The minimum absolute atomic E-state index is 0.00483. The molecular weight excluding hydrogens is 310 g/mol. The molecular formula is C16H21N5O3. The molecule has 0 spiro atoms. The molecule has 8 heteroatoms. The third kappa shape index (κ3) is 2.46. The number of fused-ring (bicyclic) bond motifs is 1. The van der Waals surface area contributed by atoms with Crippen molar-refractivity contribution in [3.05, 3.63) is 18.2 Å². The predicted octanol–water partition coefficient (Wildman–Crippen LogP) is 0.0346. The number of carbonyl (C=O) groups is 3. The number of nitrogens with one attached hydrogen (secondary N) is 2. The lowest BCUT2D eigenvalue weighted by atomic mass is 9.96. The number of hydrogen-bond acceptors (Lipinski definition) is 4. The number of hydrogen-bond donors (Lipinski definition) is 2. The maximum Gasteiger partial charge on any atom is 0.325 e. The zero-order valence-corrected chi connectivity index (χ0v) is 13.6. The molecule has 3 heterocycles. The van der Waals surface area contributed by atoms with Gasteiger partial charge in [0.1, 0.15) is 17.9 Å². The van der Waals surface area contributed by atoms with Crippen LogP contribution in [0.5, 0.6) is 0 Å². The van der Waals surface area contributed by atoms with Gasteiger partial charge in [-0.1, -0.05) is 0 Å². The highest BCUT2D eigenvalue weighted by Crippen LogP contribution is 2.42. The monoisotopic (exact) mass is 331 g/mol. The van der Waals surface area contributed by atoms with Crippen molar-refractivity contribution in [2.24, 2.45) is 5.92 Å². The van der Waals surface area contributed by atoms with Gasteiger partial charge >= 0.3 is 6.03 Å². The van der Waals surface area contributed by atoms with E-state index in [2.05, 4.69) is 15.6 Å². The zero-order valence-electron chi connectivity index (χ0n) is 13.6. The summed E-state index contributed by atoms with van der Waals surface area (Å²) in [6, 6.07) is -0.472. The van der Waals surface area contributed by atoms with E-state index >= 15 is 0 Å². The molecule has 4 rings (SSSR count). The minimum atomic E-state index is -0.839. The van der Waals surface area contributed by atoms with Crippen LogP contribution in [0.1, 0.15) is 32.0 Å². The first-order valence-corrected chi connectivity index (χ1v) is 8.41. The molecule has 8 nitrogen and oxygen atoms in total. The Hall–Kier alpha value is -2.38. The van der Waals surface area contributed by atoms with Gasteiger partial charge in [0.15, 0.2) is 0 Å². The fraction of sp³-hybridized carbons (Fsp3) is 0.625. The van der Waals surface area contributed by atoms with Gasteiger partial charge in [0, 0.05) is 31.4 Å². The molecule has 0 aromatic carbocycles. The molecule has 1 saturated heterocycles.